The molecule has 0 radical (unpaired) electrons. The van der Waals surface area contributed by atoms with Crippen molar-refractivity contribution in [3.05, 3.63) is 65.7 Å². The van der Waals surface area contributed by atoms with Crippen molar-refractivity contribution in [1.29, 1.82) is 0 Å². The van der Waals surface area contributed by atoms with E-state index in [4.69, 9.17) is 9.26 Å². The lowest BCUT2D eigenvalue weighted by Gasteiger charge is -2.14. The minimum Gasteiger partial charge on any atom is -0.492 e. The number of ether oxygens (including phenoxy) is 1. The van der Waals surface area contributed by atoms with Crippen molar-refractivity contribution in [3.63, 3.8) is 0 Å². The highest BCUT2D eigenvalue weighted by Gasteiger charge is 2.22. The summed E-state index contributed by atoms with van der Waals surface area (Å²) < 4.78 is 11.2. The fourth-order valence-electron chi connectivity index (χ4n) is 4.11. The molecule has 37 heavy (non-hydrogen) atoms. The zero-order valence-electron chi connectivity index (χ0n) is 21.9. The van der Waals surface area contributed by atoms with Gasteiger partial charge in [-0.3, -0.25) is 9.59 Å². The van der Waals surface area contributed by atoms with Crippen molar-refractivity contribution < 1.29 is 18.8 Å². The first-order valence-corrected chi connectivity index (χ1v) is 12.7. The van der Waals surface area contributed by atoms with Gasteiger partial charge in [0.25, 0.3) is 5.91 Å². The first-order chi connectivity index (χ1) is 17.7. The average Bonchev–Trinajstić information content (AvgIpc) is 3.54. The summed E-state index contributed by atoms with van der Waals surface area (Å²) in [7, 11) is 0. The molecule has 3 heterocycles. The third kappa shape index (κ3) is 7.39. The summed E-state index contributed by atoms with van der Waals surface area (Å²) in [5.41, 5.74) is 1.53. The van der Waals surface area contributed by atoms with E-state index in [0.717, 1.165) is 31.6 Å². The monoisotopic (exact) mass is 505 g/mol. The molecule has 4 rings (SSSR count). The molecule has 3 aromatic rings. The molecule has 1 aliphatic heterocycles. The van der Waals surface area contributed by atoms with Gasteiger partial charge in [0.05, 0.1) is 19.2 Å². The van der Waals surface area contributed by atoms with Gasteiger partial charge in [0.1, 0.15) is 17.2 Å². The summed E-state index contributed by atoms with van der Waals surface area (Å²) in [6.07, 6.45) is 2.90. The molecule has 2 amide bonds. The van der Waals surface area contributed by atoms with Crippen LogP contribution in [0.3, 0.4) is 0 Å². The zero-order valence-corrected chi connectivity index (χ0v) is 21.9. The van der Waals surface area contributed by atoms with Crippen LogP contribution in [0.5, 0.6) is 5.75 Å². The lowest BCUT2D eigenvalue weighted by molar-refractivity contribution is -0.115. The summed E-state index contributed by atoms with van der Waals surface area (Å²) in [5.74, 6) is 1.77. The predicted octanol–water partition coefficient (Wildman–Crippen LogP) is 4.52. The largest absolute Gasteiger partial charge is 0.492 e. The Morgan fingerprint density at radius 2 is 1.92 bits per heavy atom. The number of hydrogen-bond donors (Lipinski definition) is 2. The number of hydrogen-bond acceptors (Lipinski definition) is 7. The van der Waals surface area contributed by atoms with E-state index >= 15 is 0 Å². The second-order valence-electron chi connectivity index (χ2n) is 10.4. The van der Waals surface area contributed by atoms with E-state index in [-0.39, 0.29) is 23.7 Å². The van der Waals surface area contributed by atoms with Crippen molar-refractivity contribution in [2.75, 3.05) is 36.9 Å². The molecule has 1 saturated heterocycles. The number of likely N-dealkylation sites (tertiary alicyclic amines) is 1. The molecule has 0 saturated carbocycles. The Bertz CT molecular complexity index is 1200. The van der Waals surface area contributed by atoms with E-state index in [1.165, 1.54) is 0 Å². The Labute approximate surface area is 217 Å². The summed E-state index contributed by atoms with van der Waals surface area (Å²) in [6, 6.07) is 12.3. The van der Waals surface area contributed by atoms with E-state index in [2.05, 4.69) is 32.6 Å². The van der Waals surface area contributed by atoms with Crippen molar-refractivity contribution >= 4 is 23.3 Å². The molecule has 1 aliphatic rings. The van der Waals surface area contributed by atoms with Crippen molar-refractivity contribution in [1.82, 2.24) is 15.0 Å². The number of nitrogens with zero attached hydrogens (tertiary/aromatic N) is 3. The summed E-state index contributed by atoms with van der Waals surface area (Å²) in [6.45, 7) is 12.1. The molecule has 1 aromatic carbocycles. The van der Waals surface area contributed by atoms with Crippen LogP contribution in [0, 0.1) is 5.92 Å². The van der Waals surface area contributed by atoms with Gasteiger partial charge < -0.3 is 24.8 Å². The Morgan fingerprint density at radius 1 is 1.14 bits per heavy atom. The second-order valence-corrected chi connectivity index (χ2v) is 10.4. The maximum atomic E-state index is 12.6. The van der Waals surface area contributed by atoms with Crippen LogP contribution >= 0.6 is 0 Å². The van der Waals surface area contributed by atoms with Crippen LogP contribution in [0.25, 0.3) is 0 Å². The van der Waals surface area contributed by atoms with Gasteiger partial charge in [0, 0.05) is 29.6 Å². The Hall–Kier alpha value is -3.72. The molecule has 0 spiro atoms. The summed E-state index contributed by atoms with van der Waals surface area (Å²) >= 11 is 0. The highest BCUT2D eigenvalue weighted by atomic mass is 16.5. The van der Waals surface area contributed by atoms with Gasteiger partial charge in [-0.15, -0.1) is 0 Å². The maximum Gasteiger partial charge on any atom is 0.274 e. The third-order valence-corrected chi connectivity index (χ3v) is 6.37. The molecule has 1 atom stereocenters. The molecule has 0 aliphatic carbocycles. The van der Waals surface area contributed by atoms with Crippen LogP contribution in [-0.2, 0) is 16.6 Å². The molecule has 196 valence electrons. The van der Waals surface area contributed by atoms with Crippen LogP contribution in [0.1, 0.15) is 55.9 Å². The van der Waals surface area contributed by atoms with Gasteiger partial charge in [-0.2, -0.15) is 0 Å². The van der Waals surface area contributed by atoms with Crippen molar-refractivity contribution in [2.24, 2.45) is 5.92 Å². The molecule has 9 heteroatoms. The maximum absolute atomic E-state index is 12.6. The third-order valence-electron chi connectivity index (χ3n) is 6.37. The summed E-state index contributed by atoms with van der Waals surface area (Å²) in [5, 5.41) is 9.49. The first-order valence-electron chi connectivity index (χ1n) is 12.7. The minimum atomic E-state index is -0.313. The zero-order chi connectivity index (χ0) is 26.4. The van der Waals surface area contributed by atoms with Crippen LogP contribution in [-0.4, -0.2) is 53.1 Å². The van der Waals surface area contributed by atoms with Gasteiger partial charge in [0.2, 0.25) is 5.91 Å². The topological polar surface area (TPSA) is 110 Å². The SMILES string of the molecule is CCN1CC[C@@H](COc2ccc(C(=O)Nc3ccc(CC(=O)Nc4cc(C(C)(C)C)on4)cc3)nc2)C1. The number of nitrogens with one attached hydrogen (secondary N) is 2. The van der Waals surface area contributed by atoms with Gasteiger partial charge in [-0.25, -0.2) is 4.98 Å². The molecule has 0 bridgehead atoms. The van der Waals surface area contributed by atoms with Crippen LogP contribution in [0.2, 0.25) is 0 Å². The molecular weight excluding hydrogens is 470 g/mol. The highest BCUT2D eigenvalue weighted by Crippen LogP contribution is 2.24. The highest BCUT2D eigenvalue weighted by molar-refractivity contribution is 6.02. The number of aromatic nitrogens is 2. The number of pyridine rings is 1. The van der Waals surface area contributed by atoms with Crippen LogP contribution in [0.15, 0.2) is 53.2 Å². The molecule has 9 nitrogen and oxygen atoms in total. The lowest BCUT2D eigenvalue weighted by Crippen LogP contribution is -2.21. The number of amides is 2. The number of carbonyl (C=O) groups is 2. The number of anilines is 2. The normalized spacial score (nSPS) is 15.9. The van der Waals surface area contributed by atoms with E-state index < -0.39 is 0 Å². The van der Waals surface area contributed by atoms with Gasteiger partial charge in [-0.1, -0.05) is 45.0 Å². The minimum absolute atomic E-state index is 0.173. The van der Waals surface area contributed by atoms with Gasteiger partial charge >= 0.3 is 0 Å². The van der Waals surface area contributed by atoms with Crippen LogP contribution in [0.4, 0.5) is 11.5 Å². The molecule has 2 aromatic heterocycles. The number of benzene rings is 1. The second kappa shape index (κ2) is 11.6. The average molecular weight is 506 g/mol. The predicted molar refractivity (Wildman–Crippen MR) is 142 cm³/mol. The van der Waals surface area contributed by atoms with Gasteiger partial charge in [-0.05, 0) is 49.3 Å². The van der Waals surface area contributed by atoms with Gasteiger partial charge in [0.15, 0.2) is 5.82 Å². The van der Waals surface area contributed by atoms with Crippen molar-refractivity contribution in [3.8, 4) is 5.75 Å². The molecule has 1 fully saturated rings. The standard InChI is InChI=1S/C28H35N5O4/c1-5-33-13-12-20(17-33)18-36-22-10-11-23(29-16-22)27(35)30-21-8-6-19(7-9-21)14-26(34)31-25-15-24(37-32-25)28(2,3)4/h6-11,15-16,20H,5,12-14,17-18H2,1-4H3,(H,30,35)(H,31,32,34)/t20-/m1/s1. The smallest absolute Gasteiger partial charge is 0.274 e. The fourth-order valence-corrected chi connectivity index (χ4v) is 4.11. The van der Waals surface area contributed by atoms with E-state index in [0.29, 0.717) is 41.2 Å². The van der Waals surface area contributed by atoms with E-state index in [1.54, 1.807) is 48.7 Å². The number of carbonyl (C=O) groups excluding carboxylic acids is 2. The fraction of sp³-hybridized carbons (Fsp3) is 0.429. The molecule has 2 N–H and O–H groups in total. The quantitative estimate of drug-likeness (QED) is 0.440. The summed E-state index contributed by atoms with van der Waals surface area (Å²) in [4.78, 5) is 31.7. The molecular formula is C28H35N5O4. The van der Waals surface area contributed by atoms with E-state index in [1.807, 2.05) is 20.8 Å². The van der Waals surface area contributed by atoms with Crippen molar-refractivity contribution in [2.45, 2.75) is 46.0 Å². The van der Waals surface area contributed by atoms with E-state index in [9.17, 15) is 9.59 Å². The van der Waals surface area contributed by atoms with Crippen LogP contribution < -0.4 is 15.4 Å². The molecule has 0 unspecified atom stereocenters. The first kappa shape index (κ1) is 26.3. The Kier molecular flexibility index (Phi) is 8.23. The lowest BCUT2D eigenvalue weighted by atomic mass is 9.93. The Morgan fingerprint density at radius 3 is 2.54 bits per heavy atom. The number of rotatable bonds is 9. The Balaban J connectivity index is 1.24.